The first-order valence-electron chi connectivity index (χ1n) is 21.8. The fourth-order valence-electron chi connectivity index (χ4n) is 10.5. The topological polar surface area (TPSA) is 168 Å². The van der Waals surface area contributed by atoms with Crippen LogP contribution in [0.25, 0.3) is 10.9 Å². The van der Waals surface area contributed by atoms with Crippen molar-refractivity contribution < 1.29 is 37.5 Å². The third-order valence-corrected chi connectivity index (χ3v) is 13.9. The Morgan fingerprint density at radius 1 is 0.952 bits per heavy atom. The summed E-state index contributed by atoms with van der Waals surface area (Å²) in [6.45, 7) is 4.80. The van der Waals surface area contributed by atoms with E-state index in [1.165, 1.54) is 51.0 Å². The van der Waals surface area contributed by atoms with E-state index in [-0.39, 0.29) is 30.1 Å². The molecule has 16 heteroatoms. The van der Waals surface area contributed by atoms with E-state index in [1.807, 2.05) is 16.9 Å². The number of pyridine rings is 1. The van der Waals surface area contributed by atoms with Gasteiger partial charge in [0.1, 0.15) is 23.2 Å². The average Bonchev–Trinajstić information content (AvgIpc) is 3.77. The van der Waals surface area contributed by atoms with E-state index in [0.717, 1.165) is 74.5 Å². The van der Waals surface area contributed by atoms with E-state index in [4.69, 9.17) is 9.84 Å². The number of rotatable bonds is 12. The number of fused-ring (bicyclic) bond motifs is 2. The highest BCUT2D eigenvalue weighted by atomic mass is 19.3. The molecule has 2 saturated heterocycles. The van der Waals surface area contributed by atoms with Gasteiger partial charge >= 0.3 is 0 Å². The standard InChI is InChI=1S/C46H52F2N8O6/c1-45(47,48)38-8-4-7-33(50-38)41(58)51-35-21-29-26-55(53-34(29)22-37(35)62-2)30-11-9-27(10-12-30)25-54-19-16-46(17-20-54)23-28(24-46)15-18-49-32-6-3-5-31-40(32)44(61)56(43(31)60)36-13-14-39(57)52-42(36)59/h3-8,21-22,26-28,30,36,49H,9-20,23-25H2,1-2H3,(H,51,58)(H,52,57,59)/t27?,30?,36-/m1/s1. The molecule has 3 aliphatic heterocycles. The molecule has 2 saturated carbocycles. The molecule has 2 aromatic heterocycles. The lowest BCUT2D eigenvalue weighted by Crippen LogP contribution is -2.54. The predicted octanol–water partition coefficient (Wildman–Crippen LogP) is 6.93. The Hall–Kier alpha value is -5.77. The molecule has 3 N–H and O–H groups in total. The summed E-state index contributed by atoms with van der Waals surface area (Å²) < 4.78 is 35.3. The van der Waals surface area contributed by atoms with Crippen LogP contribution in [0.3, 0.4) is 0 Å². The average molecular weight is 851 g/mol. The number of methoxy groups -OCH3 is 1. The molecule has 0 radical (unpaired) electrons. The number of carbonyl (C=O) groups excluding carboxylic acids is 5. The largest absolute Gasteiger partial charge is 0.494 e. The zero-order valence-electron chi connectivity index (χ0n) is 35.1. The number of ether oxygens (including phenoxy) is 1. The second-order valence-corrected chi connectivity index (χ2v) is 18.1. The number of nitrogens with one attached hydrogen (secondary N) is 3. The highest BCUT2D eigenvalue weighted by molar-refractivity contribution is 6.25. The van der Waals surface area contributed by atoms with Gasteiger partial charge in [0.2, 0.25) is 11.8 Å². The number of nitrogens with zero attached hydrogens (tertiary/aromatic N) is 5. The monoisotopic (exact) mass is 850 g/mol. The van der Waals surface area contributed by atoms with Crippen molar-refractivity contribution in [3.8, 4) is 5.75 Å². The maximum atomic E-state index is 13.9. The van der Waals surface area contributed by atoms with Gasteiger partial charge in [-0.25, -0.2) is 4.98 Å². The summed E-state index contributed by atoms with van der Waals surface area (Å²) in [6.07, 6.45) is 12.4. The minimum atomic E-state index is -3.17. The van der Waals surface area contributed by atoms with E-state index in [0.29, 0.717) is 46.5 Å². The first kappa shape index (κ1) is 41.6. The van der Waals surface area contributed by atoms with Crippen molar-refractivity contribution in [2.24, 2.45) is 17.3 Å². The van der Waals surface area contributed by atoms with Gasteiger partial charge in [0.15, 0.2) is 0 Å². The molecule has 5 aliphatic rings. The number of carbonyl (C=O) groups is 5. The minimum absolute atomic E-state index is 0.0870. The highest BCUT2D eigenvalue weighted by Crippen LogP contribution is 2.54. The number of piperidine rings is 2. The van der Waals surface area contributed by atoms with Crippen molar-refractivity contribution in [3.63, 3.8) is 0 Å². The van der Waals surface area contributed by atoms with Crippen LogP contribution in [0, 0.1) is 17.3 Å². The third-order valence-electron chi connectivity index (χ3n) is 13.9. The Bertz CT molecular complexity index is 2420. The number of hydrogen-bond donors (Lipinski definition) is 3. The summed E-state index contributed by atoms with van der Waals surface area (Å²) in [4.78, 5) is 71.4. The first-order valence-corrected chi connectivity index (χ1v) is 21.8. The number of alkyl halides is 2. The van der Waals surface area contributed by atoms with Crippen LogP contribution in [0.5, 0.6) is 5.75 Å². The van der Waals surface area contributed by atoms with Gasteiger partial charge in [-0.2, -0.15) is 13.9 Å². The summed E-state index contributed by atoms with van der Waals surface area (Å²) in [5.41, 5.74) is 2.19. The number of likely N-dealkylation sites (tertiary alicyclic amines) is 1. The Morgan fingerprint density at radius 2 is 1.71 bits per heavy atom. The lowest BCUT2D eigenvalue weighted by molar-refractivity contribution is -0.136. The number of hydrogen-bond acceptors (Lipinski definition) is 10. The van der Waals surface area contributed by atoms with Gasteiger partial charge in [-0.15, -0.1) is 0 Å². The molecule has 0 bridgehead atoms. The summed E-state index contributed by atoms with van der Waals surface area (Å²) in [5.74, 6) is -4.10. The van der Waals surface area contributed by atoms with Crippen LogP contribution in [0.1, 0.15) is 120 Å². The van der Waals surface area contributed by atoms with Crippen molar-refractivity contribution in [1.29, 1.82) is 0 Å². The molecule has 0 unspecified atom stereocenters. The van der Waals surface area contributed by atoms with Crippen molar-refractivity contribution in [2.75, 3.05) is 43.9 Å². The van der Waals surface area contributed by atoms with Crippen LogP contribution in [0.15, 0.2) is 54.7 Å². The molecule has 5 amide bonds. The predicted molar refractivity (Wildman–Crippen MR) is 226 cm³/mol. The fraction of sp³-hybridized carbons (Fsp3) is 0.500. The van der Waals surface area contributed by atoms with E-state index < -0.39 is 47.2 Å². The van der Waals surface area contributed by atoms with Crippen molar-refractivity contribution in [3.05, 3.63) is 77.2 Å². The van der Waals surface area contributed by atoms with Crippen LogP contribution in [0.4, 0.5) is 20.2 Å². The Balaban J connectivity index is 0.715. The van der Waals surface area contributed by atoms with E-state index >= 15 is 0 Å². The molecule has 4 fully saturated rings. The van der Waals surface area contributed by atoms with Gasteiger partial charge in [-0.05, 0) is 125 Å². The third kappa shape index (κ3) is 8.16. The molecule has 5 heterocycles. The smallest absolute Gasteiger partial charge is 0.287 e. The van der Waals surface area contributed by atoms with Crippen molar-refractivity contribution in [1.82, 2.24) is 29.9 Å². The van der Waals surface area contributed by atoms with Crippen molar-refractivity contribution >= 4 is 51.8 Å². The first-order chi connectivity index (χ1) is 29.8. The quantitative estimate of drug-likeness (QED) is 0.127. The highest BCUT2D eigenvalue weighted by Gasteiger charge is 2.47. The van der Waals surface area contributed by atoms with Crippen LogP contribution in [-0.2, 0) is 15.5 Å². The van der Waals surface area contributed by atoms with Gasteiger partial charge in [-0.1, -0.05) is 12.1 Å². The number of amides is 5. The van der Waals surface area contributed by atoms with E-state index in [1.54, 1.807) is 24.3 Å². The SMILES string of the molecule is COc1cc2nn(C3CCC(CN4CCC5(CC4)CC(CCNc4cccc6c4C(=O)N([C@@H]4CCC(=O)NC4=O)C6=O)C5)CC3)cc2cc1NC(=O)c1cccc(C(C)(F)F)n1. The Kier molecular flexibility index (Phi) is 11.1. The van der Waals surface area contributed by atoms with Gasteiger partial charge in [0.05, 0.1) is 35.5 Å². The summed E-state index contributed by atoms with van der Waals surface area (Å²) in [6, 6.07) is 12.0. The number of aromatic nitrogens is 3. The van der Waals surface area contributed by atoms with Crippen LogP contribution in [-0.4, -0.2) is 93.4 Å². The molecule has 14 nitrogen and oxygen atoms in total. The molecule has 326 valence electrons. The summed E-state index contributed by atoms with van der Waals surface area (Å²) >= 11 is 0. The summed E-state index contributed by atoms with van der Waals surface area (Å²) in [5, 5.41) is 14.2. The van der Waals surface area contributed by atoms with Gasteiger partial charge < -0.3 is 20.3 Å². The second kappa shape index (κ2) is 16.5. The number of benzene rings is 2. The number of anilines is 2. The second-order valence-electron chi connectivity index (χ2n) is 18.1. The molecule has 4 aromatic rings. The molecule has 9 rings (SSSR count). The van der Waals surface area contributed by atoms with Crippen molar-refractivity contribution in [2.45, 2.75) is 95.6 Å². The maximum absolute atomic E-state index is 13.9. The molecule has 2 aliphatic carbocycles. The Morgan fingerprint density at radius 3 is 2.44 bits per heavy atom. The molecule has 62 heavy (non-hydrogen) atoms. The maximum Gasteiger partial charge on any atom is 0.287 e. The van der Waals surface area contributed by atoms with Crippen LogP contribution in [0.2, 0.25) is 0 Å². The lowest BCUT2D eigenvalue weighted by atomic mass is 9.57. The van der Waals surface area contributed by atoms with Crippen LogP contribution >= 0.6 is 0 Å². The number of imide groups is 2. The number of halogens is 2. The van der Waals surface area contributed by atoms with E-state index in [2.05, 4.69) is 25.8 Å². The molecule has 2 aromatic carbocycles. The van der Waals surface area contributed by atoms with Gasteiger partial charge in [0, 0.05) is 49.8 Å². The van der Waals surface area contributed by atoms with Crippen LogP contribution < -0.4 is 20.7 Å². The van der Waals surface area contributed by atoms with Gasteiger partial charge in [-0.3, -0.25) is 38.9 Å². The van der Waals surface area contributed by atoms with Gasteiger partial charge in [0.25, 0.3) is 23.6 Å². The normalized spacial score (nSPS) is 23.0. The lowest BCUT2D eigenvalue weighted by Gasteiger charge is -2.53. The summed E-state index contributed by atoms with van der Waals surface area (Å²) in [7, 11) is 1.51. The fourth-order valence-corrected chi connectivity index (χ4v) is 10.5. The molecular weight excluding hydrogens is 799 g/mol. The molecule has 1 spiro atoms. The van der Waals surface area contributed by atoms with E-state index in [9.17, 15) is 32.8 Å². The zero-order valence-corrected chi connectivity index (χ0v) is 35.1. The zero-order chi connectivity index (χ0) is 43.3. The molecule has 1 atom stereocenters. The Labute approximate surface area is 358 Å². The molecular formula is C46H52F2N8O6. The minimum Gasteiger partial charge on any atom is -0.494 e.